The van der Waals surface area contributed by atoms with Crippen LogP contribution in [0.3, 0.4) is 0 Å². The Balaban J connectivity index is 1.18. The van der Waals surface area contributed by atoms with Gasteiger partial charge in [0.2, 0.25) is 0 Å². The first-order valence-corrected chi connectivity index (χ1v) is 13.3. The summed E-state index contributed by atoms with van der Waals surface area (Å²) in [5, 5.41) is 4.10. The number of amides is 2. The van der Waals surface area contributed by atoms with E-state index in [4.69, 9.17) is 9.47 Å². The number of piperidine rings is 2. The largest absolute Gasteiger partial charge is 0.469 e. The molecule has 0 saturated carbocycles. The van der Waals surface area contributed by atoms with Crippen molar-refractivity contribution in [2.24, 2.45) is 0 Å². The van der Waals surface area contributed by atoms with E-state index in [0.717, 1.165) is 49.3 Å². The van der Waals surface area contributed by atoms with E-state index in [2.05, 4.69) is 15.2 Å². The molecule has 0 unspecified atom stereocenters. The maximum Gasteiger partial charge on any atom is 0.410 e. The third-order valence-corrected chi connectivity index (χ3v) is 8.00. The van der Waals surface area contributed by atoms with Crippen LogP contribution in [0.4, 0.5) is 4.79 Å². The van der Waals surface area contributed by atoms with E-state index in [1.165, 1.54) is 18.4 Å². The molecule has 0 bridgehead atoms. The molecule has 10 heteroatoms. The number of carbonyl (C=O) groups is 3. The number of thiazole rings is 1. The van der Waals surface area contributed by atoms with Gasteiger partial charge in [0.05, 0.1) is 24.7 Å². The Kier molecular flexibility index (Phi) is 9.29. The van der Waals surface area contributed by atoms with Gasteiger partial charge in [0, 0.05) is 44.7 Å². The molecule has 2 aliphatic heterocycles. The molecule has 0 atom stereocenters. The van der Waals surface area contributed by atoms with Crippen LogP contribution in [0.1, 0.15) is 58.3 Å². The average molecular weight is 515 g/mol. The normalized spacial score (nSPS) is 17.5. The molecule has 1 aromatic heterocycles. The van der Waals surface area contributed by atoms with Crippen LogP contribution >= 0.6 is 11.3 Å². The van der Waals surface area contributed by atoms with E-state index >= 15 is 0 Å². The number of nitrogens with zero attached hydrogens (tertiary/aromatic N) is 3. The van der Waals surface area contributed by atoms with Crippen molar-refractivity contribution in [3.8, 4) is 0 Å². The van der Waals surface area contributed by atoms with Gasteiger partial charge in [0.25, 0.3) is 5.91 Å². The minimum atomic E-state index is -0.284. The molecule has 0 aliphatic carbocycles. The van der Waals surface area contributed by atoms with E-state index < -0.39 is 0 Å². The van der Waals surface area contributed by atoms with Crippen LogP contribution in [-0.2, 0) is 20.9 Å². The van der Waals surface area contributed by atoms with Gasteiger partial charge in [-0.3, -0.25) is 9.59 Å². The Morgan fingerprint density at radius 1 is 1.06 bits per heavy atom. The molecule has 2 aliphatic rings. The summed E-state index contributed by atoms with van der Waals surface area (Å²) in [4.78, 5) is 45.7. The fourth-order valence-electron chi connectivity index (χ4n) is 4.61. The second-order valence-electron chi connectivity index (χ2n) is 9.28. The van der Waals surface area contributed by atoms with Crippen LogP contribution in [0.25, 0.3) is 0 Å². The van der Waals surface area contributed by atoms with Crippen molar-refractivity contribution in [3.63, 3.8) is 0 Å². The second-order valence-corrected chi connectivity index (χ2v) is 10.3. The Morgan fingerprint density at radius 2 is 1.78 bits per heavy atom. The van der Waals surface area contributed by atoms with Gasteiger partial charge in [-0.25, -0.2) is 9.78 Å². The number of benzene rings is 1. The highest BCUT2D eigenvalue weighted by Gasteiger charge is 2.28. The summed E-state index contributed by atoms with van der Waals surface area (Å²) >= 11 is 1.45. The van der Waals surface area contributed by atoms with Gasteiger partial charge < -0.3 is 24.6 Å². The number of esters is 1. The average Bonchev–Trinajstić information content (AvgIpc) is 3.42. The number of methoxy groups -OCH3 is 1. The zero-order valence-corrected chi connectivity index (χ0v) is 21.5. The van der Waals surface area contributed by atoms with Crippen LogP contribution in [0, 0.1) is 0 Å². The third kappa shape index (κ3) is 7.27. The monoisotopic (exact) mass is 514 g/mol. The lowest BCUT2D eigenvalue weighted by Crippen LogP contribution is -2.45. The lowest BCUT2D eigenvalue weighted by atomic mass is 9.98. The van der Waals surface area contributed by atoms with Crippen molar-refractivity contribution < 1.29 is 23.9 Å². The summed E-state index contributed by atoms with van der Waals surface area (Å²) in [5.74, 6) is -0.0263. The molecule has 194 valence electrons. The number of aromatic nitrogens is 1. The van der Waals surface area contributed by atoms with E-state index in [1.807, 2.05) is 30.3 Å². The highest BCUT2D eigenvalue weighted by atomic mass is 32.1. The summed E-state index contributed by atoms with van der Waals surface area (Å²) in [6, 6.07) is 9.79. The molecule has 3 heterocycles. The molecule has 2 aromatic rings. The predicted molar refractivity (Wildman–Crippen MR) is 136 cm³/mol. The molecule has 4 rings (SSSR count). The lowest BCUT2D eigenvalue weighted by molar-refractivity contribution is -0.141. The zero-order chi connectivity index (χ0) is 25.3. The number of hydrogen-bond donors (Lipinski definition) is 1. The molecule has 2 amide bonds. The highest BCUT2D eigenvalue weighted by molar-refractivity contribution is 7.13. The number of hydrogen-bond acceptors (Lipinski definition) is 8. The number of ether oxygens (including phenoxy) is 2. The van der Waals surface area contributed by atoms with E-state index in [-0.39, 0.29) is 36.5 Å². The molecular formula is C26H34N4O5S. The van der Waals surface area contributed by atoms with Gasteiger partial charge >= 0.3 is 12.1 Å². The summed E-state index contributed by atoms with van der Waals surface area (Å²) < 4.78 is 10.1. The molecule has 1 N–H and O–H groups in total. The van der Waals surface area contributed by atoms with Crippen LogP contribution < -0.4 is 5.32 Å². The summed E-state index contributed by atoms with van der Waals surface area (Å²) in [6.07, 6.45) is 5.10. The van der Waals surface area contributed by atoms with Crippen molar-refractivity contribution in [3.05, 3.63) is 52.0 Å². The van der Waals surface area contributed by atoms with Crippen molar-refractivity contribution in [1.29, 1.82) is 0 Å². The number of nitrogens with one attached hydrogen (secondary N) is 1. The fraction of sp³-hybridized carbons (Fsp3) is 0.538. The predicted octanol–water partition coefficient (Wildman–Crippen LogP) is 3.42. The van der Waals surface area contributed by atoms with Gasteiger partial charge in [-0.1, -0.05) is 30.3 Å². The molecule has 1 aromatic carbocycles. The Bertz CT molecular complexity index is 1010. The van der Waals surface area contributed by atoms with Crippen molar-refractivity contribution in [1.82, 2.24) is 20.1 Å². The SMILES string of the molecule is COC(=O)CCN1CCC(NC(=O)c2cnc(C3CCN(C(=O)OCc4ccccc4)CC3)s2)CC1. The van der Waals surface area contributed by atoms with Gasteiger partial charge in [-0.15, -0.1) is 11.3 Å². The molecule has 2 saturated heterocycles. The summed E-state index contributed by atoms with van der Waals surface area (Å²) in [6.45, 7) is 3.90. The van der Waals surface area contributed by atoms with Crippen molar-refractivity contribution in [2.45, 2.75) is 50.7 Å². The van der Waals surface area contributed by atoms with Crippen LogP contribution in [0.2, 0.25) is 0 Å². The Morgan fingerprint density at radius 3 is 2.47 bits per heavy atom. The molecule has 0 radical (unpaired) electrons. The Labute approximate surface area is 215 Å². The van der Waals surface area contributed by atoms with Gasteiger partial charge in [-0.2, -0.15) is 0 Å². The molecule has 0 spiro atoms. The van der Waals surface area contributed by atoms with Crippen molar-refractivity contribution >= 4 is 29.3 Å². The standard InChI is InChI=1S/C26H34N4O5S/c1-34-23(31)11-14-29-12-9-21(10-13-29)28-24(32)22-17-27-25(36-22)20-7-15-30(16-8-20)26(33)35-18-19-5-3-2-4-6-19/h2-6,17,20-21H,7-16,18H2,1H3,(H,28,32). The molecule has 9 nitrogen and oxygen atoms in total. The maximum absolute atomic E-state index is 12.8. The first kappa shape index (κ1) is 26.1. The van der Waals surface area contributed by atoms with Gasteiger partial charge in [0.15, 0.2) is 0 Å². The van der Waals surface area contributed by atoms with E-state index in [9.17, 15) is 14.4 Å². The first-order chi connectivity index (χ1) is 17.5. The first-order valence-electron chi connectivity index (χ1n) is 12.5. The maximum atomic E-state index is 12.8. The number of rotatable bonds is 8. The second kappa shape index (κ2) is 12.8. The number of likely N-dealkylation sites (tertiary alicyclic amines) is 2. The topological polar surface area (TPSA) is 101 Å². The van der Waals surface area contributed by atoms with E-state index in [1.54, 1.807) is 11.1 Å². The minimum Gasteiger partial charge on any atom is -0.469 e. The van der Waals surface area contributed by atoms with Crippen LogP contribution in [0.5, 0.6) is 0 Å². The third-order valence-electron chi connectivity index (χ3n) is 6.84. The molecular weight excluding hydrogens is 480 g/mol. The molecule has 2 fully saturated rings. The van der Waals surface area contributed by atoms with Crippen LogP contribution in [-0.4, -0.2) is 78.6 Å². The fourth-order valence-corrected chi connectivity index (χ4v) is 5.60. The lowest BCUT2D eigenvalue weighted by Gasteiger charge is -2.32. The number of carbonyl (C=O) groups excluding carboxylic acids is 3. The quantitative estimate of drug-likeness (QED) is 0.539. The Hall–Kier alpha value is -2.98. The molecule has 36 heavy (non-hydrogen) atoms. The van der Waals surface area contributed by atoms with Crippen molar-refractivity contribution in [2.75, 3.05) is 39.8 Å². The van der Waals surface area contributed by atoms with Gasteiger partial charge in [0.1, 0.15) is 11.5 Å². The zero-order valence-electron chi connectivity index (χ0n) is 20.7. The smallest absolute Gasteiger partial charge is 0.410 e. The van der Waals surface area contributed by atoms with Crippen LogP contribution in [0.15, 0.2) is 36.5 Å². The summed E-state index contributed by atoms with van der Waals surface area (Å²) in [5.41, 5.74) is 0.971. The highest BCUT2D eigenvalue weighted by Crippen LogP contribution is 2.31. The minimum absolute atomic E-state index is 0.0753. The summed E-state index contributed by atoms with van der Waals surface area (Å²) in [7, 11) is 1.40. The van der Waals surface area contributed by atoms with E-state index in [0.29, 0.717) is 30.9 Å². The van der Waals surface area contributed by atoms with Gasteiger partial charge in [-0.05, 0) is 31.2 Å².